The Morgan fingerprint density at radius 1 is 0.203 bits per heavy atom. The zero-order valence-corrected chi connectivity index (χ0v) is 106. The molecule has 0 unspecified atom stereocenters. The molecule has 36 heteroatoms. The normalized spacial score (nSPS) is 15.6. The molecule has 0 aromatic heterocycles. The second-order valence-corrected chi connectivity index (χ2v) is 38.5. The number of anilines is 11. The van der Waals surface area contributed by atoms with Gasteiger partial charge in [0.1, 0.15) is 0 Å². The first kappa shape index (κ1) is 130. The standard InChI is InChI=1S/C21H29B2N3.C20H27B2N3.C19H25B2N3.2C18H23B2N3.C16H27B2N3.6Ir/c1-4-5-6-13-18-26-22(2)24(20-14-9-7-10-15-20)19-25(23(26)3)21-16-11-8-12-17-21;1-4-5-12-17-25-21(2)23(19-13-8-6-9-14-19)18-24(22(25)3)20-15-10-7-11-16-20;1-4-5-16-24-20(2)22(18-12-8-6-9-13-18)17-23(21(24)3)19-14-10-7-11-15-19;1-16(2)23-19(3)21(17-11-7-5-8-12-17)15-22(20(23)4)18-13-9-6-10-14-18;1-4-15-23-19(2)21(17-11-7-5-8-12-17)16-22(20(23)3)18-13-9-6-10-14-18;1-5-6-7-11-14-21-17(2)19(4)15-20(18(21)3)16-12-9-8-10-13-16;;;;;;/h7-12,14-16,19H,4-6,13,18H2,1-3H3;6-11,13-15,18H,4-5,12,17H2,1-3H3;6-14,17H,4-5,16H2,1-3H3;5-13,15-16H,1-4H3;5-13,16H,4,15H2,1-3H3;8-10,12,15H,5-7,11,14H2,1-4H3;;;;;;/q6*-2;;;;;;. The van der Waals surface area contributed by atoms with E-state index in [1.54, 1.807) is 0 Å². The van der Waals surface area contributed by atoms with E-state index in [0.717, 1.165) is 73.3 Å². The minimum absolute atomic E-state index is 0. The van der Waals surface area contributed by atoms with Gasteiger partial charge in [0, 0.05) is 121 Å². The molecule has 148 heavy (non-hydrogen) atoms. The first-order valence-electron chi connectivity index (χ1n) is 53.2. The van der Waals surface area contributed by atoms with Gasteiger partial charge in [0.05, 0.1) is 0 Å². The van der Waals surface area contributed by atoms with Crippen molar-refractivity contribution in [2.75, 3.05) is 92.7 Å². The van der Waals surface area contributed by atoms with Gasteiger partial charge >= 0.3 is 6.98 Å². The Labute approximate surface area is 983 Å². The van der Waals surface area contributed by atoms with Gasteiger partial charge in [0.25, 0.3) is 76.8 Å². The summed E-state index contributed by atoms with van der Waals surface area (Å²) >= 11 is 0. The molecule has 6 fully saturated rings. The summed E-state index contributed by atoms with van der Waals surface area (Å²) in [4.78, 5) is 28.0. The topological polar surface area (TPSA) is 58.3 Å². The third kappa shape index (κ3) is 35.8. The van der Waals surface area contributed by atoms with Crippen LogP contribution in [0.4, 0.5) is 62.6 Å². The molecule has 0 spiro atoms. The monoisotopic (exact) mass is 3040 g/mol. The molecule has 0 amide bonds. The van der Waals surface area contributed by atoms with Crippen molar-refractivity contribution < 1.29 is 121 Å². The van der Waals surface area contributed by atoms with E-state index in [-0.39, 0.29) is 128 Å². The van der Waals surface area contributed by atoms with E-state index in [1.807, 2.05) is 72.8 Å². The Morgan fingerprint density at radius 3 is 0.622 bits per heavy atom. The number of unbranched alkanes of at least 4 members (excludes halogenated alkanes) is 9. The van der Waals surface area contributed by atoms with Gasteiger partial charge in [-0.1, -0.05) is 279 Å². The fraction of sp³-hybridized carbons (Fsp3) is 0.357. The quantitative estimate of drug-likeness (QED) is 0.0235. The number of hydrogen-bond acceptors (Lipinski definition) is 18. The van der Waals surface area contributed by atoms with E-state index in [4.69, 9.17) is 0 Å². The maximum Gasteiger partial charge on any atom is 0.300 e. The molecule has 0 aliphatic carbocycles. The van der Waals surface area contributed by atoms with Crippen LogP contribution in [-0.4, -0.2) is 163 Å². The molecule has 11 aromatic carbocycles. The molecular weight excluding hydrogens is 2880 g/mol. The maximum atomic E-state index is 3.39. The second-order valence-electron chi connectivity index (χ2n) is 38.5. The van der Waals surface area contributed by atoms with E-state index in [1.165, 1.54) is 112 Å². The fourth-order valence-electron chi connectivity index (χ4n) is 20.4. The van der Waals surface area contributed by atoms with Gasteiger partial charge in [-0.05, 0) is 167 Å². The average Bonchev–Trinajstić information content (AvgIpc) is 0.774. The van der Waals surface area contributed by atoms with Gasteiger partial charge in [-0.2, -0.15) is 215 Å². The summed E-state index contributed by atoms with van der Waals surface area (Å²) < 4.78 is 15.4. The van der Waals surface area contributed by atoms with Crippen LogP contribution in [0, 0.1) is 76.4 Å². The van der Waals surface area contributed by atoms with Gasteiger partial charge in [0.15, 0.2) is 0 Å². The SMILES string of the molecule is CB1N(c2[c-]cccc2)[CH-]N(c2ccccc2)B(C)N1C(C)C.CCCCCCN1B(C)N(C)[CH-]N(c2[c-]cccc2)B1C.CCCCCCN1B(C)N(c2[c-]cccc2)[CH-]N(c2ccccc2)B1C.CCCCCN1B(C)N(c2[c-]cccc2)[CH-]N(c2ccccc2)B1C.CCCCN1B(C)N(c2[c-]cccc2)[CH-]N(c2ccccc2)B1C.CCCN1B(C)N(c2[c-]cccc2)[CH-]N(c2ccccc2)B1C.[Ir].[Ir].[Ir].[Ir].[Ir].[Ir]. The summed E-state index contributed by atoms with van der Waals surface area (Å²) in [5.41, 5.74) is 12.8. The van der Waals surface area contributed by atoms with E-state index >= 15 is 0 Å². The molecule has 6 aliphatic rings. The Hall–Kier alpha value is -6.38. The average molecular weight is 3040 g/mol. The van der Waals surface area contributed by atoms with E-state index in [0.29, 0.717) is 82.9 Å². The number of rotatable bonds is 31. The molecule has 11 aromatic rings. The van der Waals surface area contributed by atoms with Crippen molar-refractivity contribution in [1.29, 1.82) is 0 Å². The molecule has 6 heterocycles. The summed E-state index contributed by atoms with van der Waals surface area (Å²) in [5.74, 6) is 0. The molecule has 17 rings (SSSR count). The molecule has 0 N–H and O–H groups in total. The van der Waals surface area contributed by atoms with Gasteiger partial charge in [-0.3, -0.25) is 0 Å². The zero-order valence-electron chi connectivity index (χ0n) is 91.2. The predicted molar refractivity (Wildman–Crippen MR) is 628 cm³/mol. The smallest absolute Gasteiger partial charge is 0.300 e. The van der Waals surface area contributed by atoms with Crippen LogP contribution >= 0.6 is 0 Å². The van der Waals surface area contributed by atoms with Crippen molar-refractivity contribution in [1.82, 2.24) is 33.1 Å². The van der Waals surface area contributed by atoms with Crippen molar-refractivity contribution in [3.63, 3.8) is 0 Å². The largest absolute Gasteiger partial charge is 0.562 e. The number of benzene rings is 11. The molecule has 0 atom stereocenters. The first-order valence-corrected chi connectivity index (χ1v) is 53.2. The zero-order chi connectivity index (χ0) is 101. The Kier molecular flexibility index (Phi) is 60.5. The van der Waals surface area contributed by atoms with Crippen molar-refractivity contribution in [3.05, 3.63) is 374 Å². The molecule has 18 nitrogen and oxygen atoms in total. The van der Waals surface area contributed by atoms with Crippen LogP contribution in [-0.2, 0) is 121 Å². The van der Waals surface area contributed by atoms with Crippen LogP contribution in [0.5, 0.6) is 0 Å². The fourth-order valence-corrected chi connectivity index (χ4v) is 20.4. The van der Waals surface area contributed by atoms with Crippen LogP contribution in [0.2, 0.25) is 81.9 Å². The number of nitrogens with zero attached hydrogens (tertiary/aromatic N) is 18. The number of hydrogen-bond donors (Lipinski definition) is 0. The van der Waals surface area contributed by atoms with Crippen LogP contribution in [0.1, 0.15) is 138 Å². The number of para-hydroxylation sites is 11. The van der Waals surface area contributed by atoms with Gasteiger partial charge < -0.3 is 86.1 Å². The van der Waals surface area contributed by atoms with Crippen molar-refractivity contribution in [3.8, 4) is 0 Å². The molecule has 6 saturated heterocycles. The molecule has 6 aliphatic heterocycles. The summed E-state index contributed by atoms with van der Waals surface area (Å²) in [6.45, 7) is 66.1. The Bertz CT molecular complexity index is 5010. The van der Waals surface area contributed by atoms with Crippen LogP contribution in [0.15, 0.2) is 297 Å². The maximum absolute atomic E-state index is 3.39. The van der Waals surface area contributed by atoms with Crippen LogP contribution in [0.3, 0.4) is 0 Å². The van der Waals surface area contributed by atoms with Gasteiger partial charge in [-0.15, -0.1) is 34.1 Å². The Morgan fingerprint density at radius 2 is 0.392 bits per heavy atom. The van der Waals surface area contributed by atoms with Crippen LogP contribution < -0.4 is 52.9 Å². The minimum atomic E-state index is 0. The first-order chi connectivity index (χ1) is 69.1. The third-order valence-corrected chi connectivity index (χ3v) is 28.7. The Balaban J connectivity index is 0.000000269. The molecule has 794 valence electrons. The van der Waals surface area contributed by atoms with E-state index in [9.17, 15) is 0 Å². The third-order valence-electron chi connectivity index (χ3n) is 28.7. The van der Waals surface area contributed by atoms with Crippen molar-refractivity contribution in [2.24, 2.45) is 0 Å². The minimum Gasteiger partial charge on any atom is -0.562 e. The van der Waals surface area contributed by atoms with Crippen LogP contribution in [0.25, 0.3) is 0 Å². The predicted octanol–water partition coefficient (Wildman–Crippen LogP) is 25.2. The van der Waals surface area contributed by atoms with Gasteiger partial charge in [-0.25, -0.2) is 6.67 Å². The summed E-state index contributed by atoms with van der Waals surface area (Å²) in [7, 11) is 2.16. The molecular formula is C112H154B12Ir6N18-12. The second kappa shape index (κ2) is 68.8. The summed E-state index contributed by atoms with van der Waals surface area (Å²) in [5, 5.41) is 0. The molecule has 6 radical (unpaired) electrons. The molecule has 0 bridgehead atoms. The molecule has 0 saturated carbocycles. The van der Waals surface area contributed by atoms with E-state index in [2.05, 4.69) is 524 Å². The van der Waals surface area contributed by atoms with E-state index < -0.39 is 0 Å². The summed E-state index contributed by atoms with van der Waals surface area (Å²) in [6.07, 6.45) is 17.7. The van der Waals surface area contributed by atoms with Crippen molar-refractivity contribution in [2.45, 2.75) is 226 Å². The van der Waals surface area contributed by atoms with Crippen molar-refractivity contribution >= 4 is 146 Å². The summed E-state index contributed by atoms with van der Waals surface area (Å²) in [6, 6.07) is 123. The van der Waals surface area contributed by atoms with Gasteiger partial charge in [0.2, 0.25) is 0 Å².